The zero-order chi connectivity index (χ0) is 15.0. The Morgan fingerprint density at radius 2 is 1.95 bits per heavy atom. The Morgan fingerprint density at radius 1 is 1.19 bits per heavy atom. The van der Waals surface area contributed by atoms with E-state index in [2.05, 4.69) is 60.4 Å². The van der Waals surface area contributed by atoms with Gasteiger partial charge in [0.25, 0.3) is 0 Å². The number of nitrogens with zero attached hydrogens (tertiary/aromatic N) is 3. The van der Waals surface area contributed by atoms with Crippen LogP contribution in [0, 0.1) is 5.92 Å². The van der Waals surface area contributed by atoms with Crippen LogP contribution < -0.4 is 4.48 Å². The zero-order valence-corrected chi connectivity index (χ0v) is 14.7. The molecule has 0 amide bonds. The van der Waals surface area contributed by atoms with Crippen molar-refractivity contribution in [3.05, 3.63) is 30.1 Å². The van der Waals surface area contributed by atoms with Gasteiger partial charge in [-0.15, -0.1) is 0 Å². The molecule has 0 bridgehead atoms. The fourth-order valence-corrected chi connectivity index (χ4v) is 3.40. The monoisotopic (exact) mass is 341 g/mol. The molecule has 0 N–H and O–H groups in total. The Bertz CT molecular complexity index is 789. The van der Waals surface area contributed by atoms with E-state index in [1.165, 1.54) is 16.7 Å². The molecule has 0 atom stereocenters. The topological polar surface area (TPSA) is 30.7 Å². The molecule has 2 aromatic heterocycles. The van der Waals surface area contributed by atoms with Crippen LogP contribution in [0.4, 0.5) is 0 Å². The summed E-state index contributed by atoms with van der Waals surface area (Å²) in [5, 5.41) is 1.21. The number of pyridine rings is 1. The summed E-state index contributed by atoms with van der Waals surface area (Å²) in [4.78, 5) is 9.58. The molecule has 0 saturated carbocycles. The van der Waals surface area contributed by atoms with Gasteiger partial charge in [0, 0.05) is 0 Å². The third-order valence-electron chi connectivity index (χ3n) is 3.67. The molecular weight excluding hydrogens is 321 g/mol. The van der Waals surface area contributed by atoms with E-state index >= 15 is 0 Å². The quantitative estimate of drug-likeness (QED) is 0.683. The molecule has 108 valence electrons. The molecule has 0 spiro atoms. The Morgan fingerprint density at radius 3 is 2.67 bits per heavy atom. The van der Waals surface area contributed by atoms with Crippen molar-refractivity contribution in [2.45, 2.75) is 40.2 Å². The average molecular weight is 341 g/mol. The SMILES string of the molecule is CCCc1nc2c([As])nc3ccccc3c2n1CC(C)C. The van der Waals surface area contributed by atoms with Crippen LogP contribution in [0.5, 0.6) is 0 Å². The summed E-state index contributed by atoms with van der Waals surface area (Å²) in [6, 6.07) is 8.37. The molecule has 0 unspecified atom stereocenters. The third kappa shape index (κ3) is 2.60. The number of fused-ring (bicyclic) bond motifs is 3. The van der Waals surface area contributed by atoms with Gasteiger partial charge >= 0.3 is 134 Å². The van der Waals surface area contributed by atoms with Crippen LogP contribution in [0.3, 0.4) is 0 Å². The van der Waals surface area contributed by atoms with Crippen molar-refractivity contribution >= 4 is 43.3 Å². The van der Waals surface area contributed by atoms with Gasteiger partial charge in [-0.2, -0.15) is 0 Å². The van der Waals surface area contributed by atoms with Crippen LogP contribution in [0.1, 0.15) is 33.0 Å². The molecule has 0 aliphatic rings. The second-order valence-electron chi connectivity index (χ2n) is 5.93. The predicted octanol–water partition coefficient (Wildman–Crippen LogP) is 2.99. The summed E-state index contributed by atoms with van der Waals surface area (Å²) in [5.41, 5.74) is 3.33. The van der Waals surface area contributed by atoms with Gasteiger partial charge in [-0.25, -0.2) is 0 Å². The summed E-state index contributed by atoms with van der Waals surface area (Å²) < 4.78 is 3.38. The summed E-state index contributed by atoms with van der Waals surface area (Å²) in [6.45, 7) is 7.73. The van der Waals surface area contributed by atoms with Gasteiger partial charge in [-0.3, -0.25) is 0 Å². The number of benzene rings is 1. The second-order valence-corrected chi connectivity index (χ2v) is 6.82. The Hall–Kier alpha value is -1.34. The Kier molecular flexibility index (Phi) is 4.03. The molecule has 3 aromatic rings. The predicted molar refractivity (Wildman–Crippen MR) is 89.3 cm³/mol. The van der Waals surface area contributed by atoms with Crippen LogP contribution in [-0.2, 0) is 13.0 Å². The number of hydrogen-bond acceptors (Lipinski definition) is 2. The van der Waals surface area contributed by atoms with Crippen molar-refractivity contribution in [1.82, 2.24) is 14.5 Å². The molecule has 3 rings (SSSR count). The molecule has 0 fully saturated rings. The van der Waals surface area contributed by atoms with Crippen molar-refractivity contribution in [2.75, 3.05) is 0 Å². The van der Waals surface area contributed by atoms with E-state index in [9.17, 15) is 0 Å². The first-order valence-electron chi connectivity index (χ1n) is 7.58. The van der Waals surface area contributed by atoms with Gasteiger partial charge in [0.2, 0.25) is 0 Å². The van der Waals surface area contributed by atoms with E-state index in [0.717, 1.165) is 34.9 Å². The first kappa shape index (κ1) is 14.6. The fourth-order valence-electron chi connectivity index (χ4n) is 2.84. The van der Waals surface area contributed by atoms with Crippen LogP contribution >= 0.6 is 0 Å². The van der Waals surface area contributed by atoms with E-state index in [4.69, 9.17) is 9.97 Å². The number of hydrogen-bond donors (Lipinski definition) is 0. The van der Waals surface area contributed by atoms with Gasteiger partial charge in [0.05, 0.1) is 0 Å². The van der Waals surface area contributed by atoms with Gasteiger partial charge in [0.15, 0.2) is 0 Å². The van der Waals surface area contributed by atoms with Crippen LogP contribution in [0.25, 0.3) is 21.9 Å². The molecule has 2 radical (unpaired) electrons. The molecule has 2 heterocycles. The van der Waals surface area contributed by atoms with E-state index in [1.807, 2.05) is 6.07 Å². The fraction of sp³-hybridized carbons (Fsp3) is 0.412. The van der Waals surface area contributed by atoms with E-state index in [0.29, 0.717) is 5.92 Å². The summed E-state index contributed by atoms with van der Waals surface area (Å²) >= 11 is 2.58. The minimum atomic E-state index is 0.597. The molecule has 0 saturated heterocycles. The number of imidazole rings is 1. The van der Waals surface area contributed by atoms with Gasteiger partial charge in [0.1, 0.15) is 0 Å². The molecule has 3 nitrogen and oxygen atoms in total. The third-order valence-corrected chi connectivity index (χ3v) is 4.32. The van der Waals surface area contributed by atoms with Crippen LogP contribution in [0.15, 0.2) is 24.3 Å². The molecule has 0 aliphatic heterocycles. The van der Waals surface area contributed by atoms with Gasteiger partial charge in [-0.1, -0.05) is 0 Å². The molecular formula is C17H20AsN3. The van der Waals surface area contributed by atoms with Crippen LogP contribution in [-0.4, -0.2) is 31.4 Å². The maximum absolute atomic E-state index is 4.89. The second kappa shape index (κ2) is 5.80. The minimum absolute atomic E-state index is 0.597. The van der Waals surface area contributed by atoms with E-state index in [1.54, 1.807) is 0 Å². The van der Waals surface area contributed by atoms with Crippen molar-refractivity contribution in [3.8, 4) is 0 Å². The number of rotatable bonds is 4. The average Bonchev–Trinajstić information content (AvgIpc) is 2.79. The Labute approximate surface area is 134 Å². The van der Waals surface area contributed by atoms with Crippen molar-refractivity contribution in [3.63, 3.8) is 0 Å². The summed E-state index contributed by atoms with van der Waals surface area (Å²) in [5.74, 6) is 1.78. The van der Waals surface area contributed by atoms with Gasteiger partial charge in [-0.05, 0) is 0 Å². The standard InChI is InChI=1S/C17H20AsN3/c1-4-7-14-20-15-16(21(14)10-11(2)3)12-8-5-6-9-13(12)19-17(15)18/h5-6,8-9,11H,4,7,10H2,1-3H3. The first-order chi connectivity index (χ1) is 10.1. The molecule has 1 aromatic carbocycles. The van der Waals surface area contributed by atoms with Crippen molar-refractivity contribution in [2.24, 2.45) is 5.92 Å². The maximum atomic E-state index is 4.89. The Balaban J connectivity index is 2.39. The van der Waals surface area contributed by atoms with E-state index < -0.39 is 0 Å². The van der Waals surface area contributed by atoms with Crippen LogP contribution in [0.2, 0.25) is 0 Å². The molecule has 21 heavy (non-hydrogen) atoms. The van der Waals surface area contributed by atoms with E-state index in [-0.39, 0.29) is 0 Å². The summed E-state index contributed by atoms with van der Waals surface area (Å²) in [7, 11) is 0. The normalized spacial score (nSPS) is 11.9. The number of para-hydroxylation sites is 1. The zero-order valence-electron chi connectivity index (χ0n) is 12.8. The number of aromatic nitrogens is 3. The number of aryl methyl sites for hydroxylation is 1. The van der Waals surface area contributed by atoms with Crippen molar-refractivity contribution < 1.29 is 0 Å². The first-order valence-corrected chi connectivity index (χ1v) is 8.52. The molecule has 0 aliphatic carbocycles. The summed E-state index contributed by atoms with van der Waals surface area (Å²) in [6.07, 6.45) is 2.13. The molecule has 4 heteroatoms. The van der Waals surface area contributed by atoms with Gasteiger partial charge < -0.3 is 0 Å². The van der Waals surface area contributed by atoms with Crippen molar-refractivity contribution in [1.29, 1.82) is 0 Å².